The molecule has 1 aliphatic heterocycles. The number of rotatable bonds is 7. The summed E-state index contributed by atoms with van der Waals surface area (Å²) in [5.74, 6) is 0.702. The van der Waals surface area contributed by atoms with E-state index in [2.05, 4.69) is 55.3 Å². The van der Waals surface area contributed by atoms with Gasteiger partial charge in [0.1, 0.15) is 0 Å². The second kappa shape index (κ2) is 8.40. The van der Waals surface area contributed by atoms with Crippen LogP contribution in [0.3, 0.4) is 0 Å². The van der Waals surface area contributed by atoms with Crippen LogP contribution in [0.25, 0.3) is 0 Å². The Morgan fingerprint density at radius 3 is 2.71 bits per heavy atom. The quantitative estimate of drug-likeness (QED) is 0.832. The molecule has 3 nitrogen and oxygen atoms in total. The summed E-state index contributed by atoms with van der Waals surface area (Å²) in [4.78, 5) is 2.45. The van der Waals surface area contributed by atoms with E-state index < -0.39 is 0 Å². The van der Waals surface area contributed by atoms with Crippen LogP contribution < -0.4 is 10.2 Å². The van der Waals surface area contributed by atoms with Crippen molar-refractivity contribution < 1.29 is 4.74 Å². The predicted molar refractivity (Wildman–Crippen MR) is 89.8 cm³/mol. The Kier molecular flexibility index (Phi) is 6.52. The lowest BCUT2D eigenvalue weighted by Crippen LogP contribution is -2.39. The monoisotopic (exact) mass is 290 g/mol. The fraction of sp³-hybridized carbons (Fsp3) is 0.667. The van der Waals surface area contributed by atoms with Crippen molar-refractivity contribution in [2.45, 2.75) is 46.3 Å². The summed E-state index contributed by atoms with van der Waals surface area (Å²) in [6, 6.07) is 8.99. The van der Waals surface area contributed by atoms with Gasteiger partial charge in [-0.05, 0) is 49.9 Å². The van der Waals surface area contributed by atoms with Gasteiger partial charge in [0.25, 0.3) is 0 Å². The summed E-state index contributed by atoms with van der Waals surface area (Å²) in [6.07, 6.45) is 2.82. The van der Waals surface area contributed by atoms with E-state index >= 15 is 0 Å². The van der Waals surface area contributed by atoms with Crippen molar-refractivity contribution in [3.8, 4) is 0 Å². The lowest BCUT2D eigenvalue weighted by Gasteiger charge is -2.34. The Labute approximate surface area is 129 Å². The molecule has 21 heavy (non-hydrogen) atoms. The number of piperidine rings is 1. The van der Waals surface area contributed by atoms with Gasteiger partial charge in [-0.2, -0.15) is 0 Å². The first-order valence-electron chi connectivity index (χ1n) is 8.35. The molecule has 1 aromatic rings. The first-order valence-corrected chi connectivity index (χ1v) is 8.35. The average molecular weight is 290 g/mol. The van der Waals surface area contributed by atoms with Crippen molar-refractivity contribution >= 4 is 5.69 Å². The Morgan fingerprint density at radius 1 is 1.29 bits per heavy atom. The van der Waals surface area contributed by atoms with Gasteiger partial charge >= 0.3 is 0 Å². The van der Waals surface area contributed by atoms with Crippen LogP contribution in [0.15, 0.2) is 24.3 Å². The Morgan fingerprint density at radius 2 is 2.05 bits per heavy atom. The van der Waals surface area contributed by atoms with Crippen LogP contribution >= 0.6 is 0 Å². The van der Waals surface area contributed by atoms with Gasteiger partial charge in [0, 0.05) is 31.9 Å². The number of anilines is 1. The lowest BCUT2D eigenvalue weighted by atomic mass is 10.1. The zero-order valence-electron chi connectivity index (χ0n) is 13.8. The van der Waals surface area contributed by atoms with Crippen molar-refractivity contribution in [1.29, 1.82) is 0 Å². The van der Waals surface area contributed by atoms with Crippen LogP contribution in [-0.4, -0.2) is 32.3 Å². The SMILES string of the molecule is CCOC1CCCN(c2ccc(CNCC(C)C)cc2)C1. The largest absolute Gasteiger partial charge is 0.377 e. The van der Waals surface area contributed by atoms with Crippen molar-refractivity contribution in [1.82, 2.24) is 5.32 Å². The van der Waals surface area contributed by atoms with Crippen molar-refractivity contribution in [2.24, 2.45) is 5.92 Å². The summed E-state index contributed by atoms with van der Waals surface area (Å²) in [6.45, 7) is 11.6. The number of hydrogen-bond donors (Lipinski definition) is 1. The average Bonchev–Trinajstić information content (AvgIpc) is 2.48. The van der Waals surface area contributed by atoms with E-state index in [1.165, 1.54) is 24.1 Å². The van der Waals surface area contributed by atoms with E-state index in [0.29, 0.717) is 12.0 Å². The van der Waals surface area contributed by atoms with Crippen LogP contribution in [0, 0.1) is 5.92 Å². The molecule has 0 bridgehead atoms. The van der Waals surface area contributed by atoms with E-state index in [0.717, 1.165) is 32.8 Å². The van der Waals surface area contributed by atoms with Crippen LogP contribution in [0.5, 0.6) is 0 Å². The second-order valence-electron chi connectivity index (χ2n) is 6.36. The van der Waals surface area contributed by atoms with Gasteiger partial charge < -0.3 is 15.0 Å². The molecule has 118 valence electrons. The van der Waals surface area contributed by atoms with Gasteiger partial charge in [0.15, 0.2) is 0 Å². The van der Waals surface area contributed by atoms with Gasteiger partial charge in [-0.1, -0.05) is 26.0 Å². The van der Waals surface area contributed by atoms with E-state index in [1.807, 2.05) is 0 Å². The maximum Gasteiger partial charge on any atom is 0.0750 e. The predicted octanol–water partition coefficient (Wildman–Crippen LogP) is 3.44. The fourth-order valence-corrected chi connectivity index (χ4v) is 2.87. The van der Waals surface area contributed by atoms with Crippen LogP contribution in [0.4, 0.5) is 5.69 Å². The number of nitrogens with one attached hydrogen (secondary N) is 1. The summed E-state index contributed by atoms with van der Waals surface area (Å²) in [5.41, 5.74) is 2.68. The molecule has 1 aromatic carbocycles. The van der Waals surface area contributed by atoms with Gasteiger partial charge in [-0.3, -0.25) is 0 Å². The third-order valence-electron chi connectivity index (χ3n) is 3.96. The Balaban J connectivity index is 1.86. The van der Waals surface area contributed by atoms with Gasteiger partial charge in [-0.15, -0.1) is 0 Å². The molecule has 1 heterocycles. The minimum Gasteiger partial charge on any atom is -0.377 e. The summed E-state index contributed by atoms with van der Waals surface area (Å²) in [7, 11) is 0. The molecule has 0 aromatic heterocycles. The lowest BCUT2D eigenvalue weighted by molar-refractivity contribution is 0.0527. The van der Waals surface area contributed by atoms with Gasteiger partial charge in [-0.25, -0.2) is 0 Å². The molecular formula is C18H30N2O. The third kappa shape index (κ3) is 5.33. The normalized spacial score (nSPS) is 19.2. The van der Waals surface area contributed by atoms with Crippen molar-refractivity contribution in [2.75, 3.05) is 31.1 Å². The number of ether oxygens (including phenoxy) is 1. The highest BCUT2D eigenvalue weighted by Crippen LogP contribution is 2.21. The van der Waals surface area contributed by atoms with E-state index in [4.69, 9.17) is 4.74 Å². The van der Waals surface area contributed by atoms with E-state index in [1.54, 1.807) is 0 Å². The van der Waals surface area contributed by atoms with Crippen LogP contribution in [0.1, 0.15) is 39.2 Å². The molecule has 1 fully saturated rings. The standard InChI is InChI=1S/C18H30N2O/c1-4-21-18-6-5-11-20(14-18)17-9-7-16(8-10-17)13-19-12-15(2)3/h7-10,15,18-19H,4-6,11-14H2,1-3H3. The number of hydrogen-bond acceptors (Lipinski definition) is 3. The molecule has 1 atom stereocenters. The molecule has 0 saturated carbocycles. The molecular weight excluding hydrogens is 260 g/mol. The second-order valence-corrected chi connectivity index (χ2v) is 6.36. The highest BCUT2D eigenvalue weighted by Gasteiger charge is 2.20. The highest BCUT2D eigenvalue weighted by atomic mass is 16.5. The van der Waals surface area contributed by atoms with Crippen molar-refractivity contribution in [3.63, 3.8) is 0 Å². The zero-order valence-corrected chi connectivity index (χ0v) is 13.8. The van der Waals surface area contributed by atoms with E-state index in [-0.39, 0.29) is 0 Å². The zero-order chi connectivity index (χ0) is 15.1. The summed E-state index contributed by atoms with van der Waals surface area (Å²) >= 11 is 0. The van der Waals surface area contributed by atoms with Crippen LogP contribution in [0.2, 0.25) is 0 Å². The molecule has 3 heteroatoms. The molecule has 0 amide bonds. The van der Waals surface area contributed by atoms with Crippen LogP contribution in [-0.2, 0) is 11.3 Å². The summed E-state index contributed by atoms with van der Waals surface area (Å²) in [5, 5.41) is 3.49. The molecule has 2 rings (SSSR count). The topological polar surface area (TPSA) is 24.5 Å². The number of benzene rings is 1. The minimum absolute atomic E-state index is 0.399. The maximum atomic E-state index is 5.78. The van der Waals surface area contributed by atoms with E-state index in [9.17, 15) is 0 Å². The summed E-state index contributed by atoms with van der Waals surface area (Å²) < 4.78 is 5.78. The first-order chi connectivity index (χ1) is 10.2. The molecule has 1 saturated heterocycles. The fourth-order valence-electron chi connectivity index (χ4n) is 2.87. The van der Waals surface area contributed by atoms with Gasteiger partial charge in [0.2, 0.25) is 0 Å². The minimum atomic E-state index is 0.399. The number of nitrogens with zero attached hydrogens (tertiary/aromatic N) is 1. The Hall–Kier alpha value is -1.06. The molecule has 1 aliphatic rings. The third-order valence-corrected chi connectivity index (χ3v) is 3.96. The smallest absolute Gasteiger partial charge is 0.0750 e. The molecule has 1 N–H and O–H groups in total. The molecule has 0 spiro atoms. The molecule has 0 radical (unpaired) electrons. The maximum absolute atomic E-state index is 5.78. The Bertz CT molecular complexity index is 400. The highest BCUT2D eigenvalue weighted by molar-refractivity contribution is 5.48. The molecule has 1 unspecified atom stereocenters. The van der Waals surface area contributed by atoms with Gasteiger partial charge in [0.05, 0.1) is 6.10 Å². The first kappa shape index (κ1) is 16.3. The van der Waals surface area contributed by atoms with Crippen molar-refractivity contribution in [3.05, 3.63) is 29.8 Å². The molecule has 0 aliphatic carbocycles.